The number of ether oxygens (including phenoxy) is 5. The molecule has 0 aliphatic rings. The van der Waals surface area contributed by atoms with Crippen molar-refractivity contribution in [1.82, 2.24) is 4.98 Å². The molecule has 3 rings (SSSR count). The molecule has 1 heterocycles. The molecule has 0 saturated carbocycles. The zero-order valence-electron chi connectivity index (χ0n) is 17.3. The van der Waals surface area contributed by atoms with Gasteiger partial charge in [0.2, 0.25) is 0 Å². The number of esters is 1. The number of carbonyl (C=O) groups excluding carboxylic acids is 1. The normalized spacial score (nSPS) is 10.6. The van der Waals surface area contributed by atoms with Crippen molar-refractivity contribution in [3.63, 3.8) is 0 Å². The van der Waals surface area contributed by atoms with Gasteiger partial charge in [-0.1, -0.05) is 6.07 Å². The van der Waals surface area contributed by atoms with E-state index in [1.54, 1.807) is 53.6 Å². The van der Waals surface area contributed by atoms with E-state index in [1.165, 1.54) is 7.11 Å². The number of fused-ring (bicyclic) bond motifs is 1. The minimum absolute atomic E-state index is 0.374. The maximum atomic E-state index is 12.7. The number of hydrogen-bond acceptors (Lipinski definition) is 7. The second-order valence-electron chi connectivity index (χ2n) is 6.23. The first kappa shape index (κ1) is 20.3. The first-order chi connectivity index (χ1) is 14.0. The summed E-state index contributed by atoms with van der Waals surface area (Å²) in [5.74, 6) is 1.74. The molecule has 0 saturated heterocycles. The highest BCUT2D eigenvalue weighted by molar-refractivity contribution is 6.08. The lowest BCUT2D eigenvalue weighted by molar-refractivity contribution is 0.0600. The Hall–Kier alpha value is -3.48. The average molecular weight is 397 g/mol. The summed E-state index contributed by atoms with van der Waals surface area (Å²) < 4.78 is 26.7. The number of methoxy groups -OCH3 is 5. The predicted octanol–water partition coefficient (Wildman–Crippen LogP) is 4.03. The molecule has 3 aromatic rings. The maximum Gasteiger partial charge on any atom is 0.340 e. The lowest BCUT2D eigenvalue weighted by atomic mass is 9.93. The fourth-order valence-corrected chi connectivity index (χ4v) is 3.36. The van der Waals surface area contributed by atoms with Gasteiger partial charge in [0.25, 0.3) is 0 Å². The number of hydrogen-bond donors (Lipinski definition) is 0. The van der Waals surface area contributed by atoms with E-state index in [0.29, 0.717) is 45.3 Å². The number of aromatic nitrogens is 1. The van der Waals surface area contributed by atoms with Gasteiger partial charge in [0.1, 0.15) is 0 Å². The third kappa shape index (κ3) is 3.51. The molecule has 0 aliphatic carbocycles. The first-order valence-electron chi connectivity index (χ1n) is 8.86. The van der Waals surface area contributed by atoms with Crippen LogP contribution >= 0.6 is 0 Å². The Balaban J connectivity index is 2.45. The molecule has 0 atom stereocenters. The van der Waals surface area contributed by atoms with Crippen molar-refractivity contribution in [2.75, 3.05) is 35.5 Å². The molecule has 0 unspecified atom stereocenters. The smallest absolute Gasteiger partial charge is 0.340 e. The zero-order valence-corrected chi connectivity index (χ0v) is 17.3. The predicted molar refractivity (Wildman–Crippen MR) is 109 cm³/mol. The fraction of sp³-hybridized carbons (Fsp3) is 0.273. The number of carbonyl (C=O) groups is 1. The average Bonchev–Trinajstić information content (AvgIpc) is 2.76. The highest BCUT2D eigenvalue weighted by Crippen LogP contribution is 2.41. The van der Waals surface area contributed by atoms with Crippen molar-refractivity contribution in [2.45, 2.75) is 6.92 Å². The van der Waals surface area contributed by atoms with E-state index in [4.69, 9.17) is 23.7 Å². The van der Waals surface area contributed by atoms with Crippen LogP contribution < -0.4 is 18.9 Å². The van der Waals surface area contributed by atoms with Crippen LogP contribution in [0.2, 0.25) is 0 Å². The summed E-state index contributed by atoms with van der Waals surface area (Å²) >= 11 is 0. The van der Waals surface area contributed by atoms with Gasteiger partial charge in [0, 0.05) is 17.0 Å². The van der Waals surface area contributed by atoms with E-state index in [0.717, 1.165) is 10.9 Å². The van der Waals surface area contributed by atoms with Crippen molar-refractivity contribution < 1.29 is 28.5 Å². The van der Waals surface area contributed by atoms with Gasteiger partial charge in [-0.05, 0) is 30.7 Å². The summed E-state index contributed by atoms with van der Waals surface area (Å²) in [5.41, 5.74) is 3.01. The van der Waals surface area contributed by atoms with E-state index >= 15 is 0 Å². The van der Waals surface area contributed by atoms with Crippen molar-refractivity contribution in [3.8, 4) is 34.1 Å². The number of pyridine rings is 1. The van der Waals surface area contributed by atoms with Gasteiger partial charge < -0.3 is 23.7 Å². The highest BCUT2D eigenvalue weighted by Gasteiger charge is 2.23. The Morgan fingerprint density at radius 3 is 1.97 bits per heavy atom. The molecule has 0 spiro atoms. The van der Waals surface area contributed by atoms with Crippen molar-refractivity contribution >= 4 is 16.9 Å². The highest BCUT2D eigenvalue weighted by atomic mass is 16.5. The van der Waals surface area contributed by atoms with Crippen LogP contribution in [0.1, 0.15) is 16.1 Å². The summed E-state index contributed by atoms with van der Waals surface area (Å²) in [4.78, 5) is 17.3. The molecular formula is C22H23NO6. The Morgan fingerprint density at radius 2 is 1.38 bits per heavy atom. The molecule has 0 bridgehead atoms. The largest absolute Gasteiger partial charge is 0.493 e. The molecule has 29 heavy (non-hydrogen) atoms. The molecule has 152 valence electrons. The third-order valence-electron chi connectivity index (χ3n) is 4.73. The van der Waals surface area contributed by atoms with Crippen LogP contribution in [0.15, 0.2) is 30.3 Å². The molecule has 7 nitrogen and oxygen atoms in total. The van der Waals surface area contributed by atoms with Crippen LogP contribution in [0.4, 0.5) is 0 Å². The van der Waals surface area contributed by atoms with Gasteiger partial charge in [-0.15, -0.1) is 0 Å². The van der Waals surface area contributed by atoms with E-state index in [9.17, 15) is 4.79 Å². The summed E-state index contributed by atoms with van der Waals surface area (Å²) in [5, 5.41) is 0.723. The third-order valence-corrected chi connectivity index (χ3v) is 4.73. The van der Waals surface area contributed by atoms with Crippen LogP contribution in [0.25, 0.3) is 22.0 Å². The molecule has 7 heteroatoms. The summed E-state index contributed by atoms with van der Waals surface area (Å²) in [6.07, 6.45) is 0. The summed E-state index contributed by atoms with van der Waals surface area (Å²) in [6.45, 7) is 1.77. The van der Waals surface area contributed by atoms with E-state index in [2.05, 4.69) is 4.98 Å². The fourth-order valence-electron chi connectivity index (χ4n) is 3.36. The lowest BCUT2D eigenvalue weighted by Gasteiger charge is -2.17. The molecular weight excluding hydrogens is 374 g/mol. The SMILES string of the molecule is COC(=O)c1c(C)nc2cc(OC)c(OC)cc2c1-c1ccc(OC)c(OC)c1. The van der Waals surface area contributed by atoms with E-state index in [1.807, 2.05) is 12.1 Å². The molecule has 1 aromatic heterocycles. The Morgan fingerprint density at radius 1 is 0.793 bits per heavy atom. The van der Waals surface area contributed by atoms with Crippen LogP contribution in [-0.4, -0.2) is 46.5 Å². The first-order valence-corrected chi connectivity index (χ1v) is 8.86. The van der Waals surface area contributed by atoms with Gasteiger partial charge in [-0.2, -0.15) is 0 Å². The van der Waals surface area contributed by atoms with Crippen LogP contribution in [0, 0.1) is 6.92 Å². The van der Waals surface area contributed by atoms with Gasteiger partial charge in [0.15, 0.2) is 23.0 Å². The van der Waals surface area contributed by atoms with E-state index < -0.39 is 5.97 Å². The van der Waals surface area contributed by atoms with Gasteiger partial charge >= 0.3 is 5.97 Å². The van der Waals surface area contributed by atoms with Gasteiger partial charge in [-0.3, -0.25) is 4.98 Å². The van der Waals surface area contributed by atoms with Crippen molar-refractivity contribution in [3.05, 3.63) is 41.6 Å². The second kappa shape index (κ2) is 8.26. The second-order valence-corrected chi connectivity index (χ2v) is 6.23. The van der Waals surface area contributed by atoms with Crippen molar-refractivity contribution in [1.29, 1.82) is 0 Å². The quantitative estimate of drug-likeness (QED) is 0.581. The minimum Gasteiger partial charge on any atom is -0.493 e. The number of nitrogens with zero attached hydrogens (tertiary/aromatic N) is 1. The minimum atomic E-state index is -0.475. The van der Waals surface area contributed by atoms with Gasteiger partial charge in [0.05, 0.1) is 52.3 Å². The number of benzene rings is 2. The standard InChI is InChI=1S/C22H23NO6/c1-12-20(22(24)29-6)21(13-7-8-16(25-2)17(9-13)26-3)14-10-18(27-4)19(28-5)11-15(14)23-12/h7-11H,1-6H3. The molecule has 0 aliphatic heterocycles. The molecule has 0 amide bonds. The molecule has 0 fully saturated rings. The molecule has 0 N–H and O–H groups in total. The Kier molecular flexibility index (Phi) is 5.77. The van der Waals surface area contributed by atoms with E-state index in [-0.39, 0.29) is 0 Å². The summed E-state index contributed by atoms with van der Waals surface area (Å²) in [6, 6.07) is 9.05. The lowest BCUT2D eigenvalue weighted by Crippen LogP contribution is -2.09. The van der Waals surface area contributed by atoms with Crippen LogP contribution in [-0.2, 0) is 4.74 Å². The van der Waals surface area contributed by atoms with Crippen LogP contribution in [0.3, 0.4) is 0 Å². The number of aryl methyl sites for hydroxylation is 1. The molecule has 2 aromatic carbocycles. The van der Waals surface area contributed by atoms with Gasteiger partial charge in [-0.25, -0.2) is 4.79 Å². The number of rotatable bonds is 6. The monoisotopic (exact) mass is 397 g/mol. The van der Waals surface area contributed by atoms with Crippen molar-refractivity contribution in [2.24, 2.45) is 0 Å². The molecule has 0 radical (unpaired) electrons. The summed E-state index contributed by atoms with van der Waals surface area (Å²) in [7, 11) is 7.60. The zero-order chi connectivity index (χ0) is 21.1. The topological polar surface area (TPSA) is 76.1 Å². The Bertz CT molecular complexity index is 1080. The Labute approximate surface area is 169 Å². The maximum absolute atomic E-state index is 12.7. The van der Waals surface area contributed by atoms with Crippen LogP contribution in [0.5, 0.6) is 23.0 Å².